The zero-order chi connectivity index (χ0) is 11.0. The van der Waals surface area contributed by atoms with Crippen LogP contribution in [-0.4, -0.2) is 37.5 Å². The average molecular weight is 210 g/mol. The van der Waals surface area contributed by atoms with Gasteiger partial charge < -0.3 is 4.90 Å². The fourth-order valence-corrected chi connectivity index (χ4v) is 0.927. The van der Waals surface area contributed by atoms with Gasteiger partial charge in [0.2, 0.25) is 0 Å². The van der Waals surface area contributed by atoms with E-state index in [0.29, 0.717) is 19.5 Å². The van der Waals surface area contributed by atoms with E-state index >= 15 is 0 Å². The van der Waals surface area contributed by atoms with E-state index in [9.17, 15) is 13.2 Å². The van der Waals surface area contributed by atoms with Crippen LogP contribution in [0.15, 0.2) is 0 Å². The van der Waals surface area contributed by atoms with Gasteiger partial charge in [0.25, 0.3) is 0 Å². The second-order valence-electron chi connectivity index (χ2n) is 2.64. The van der Waals surface area contributed by atoms with Crippen molar-refractivity contribution in [3.05, 3.63) is 0 Å². The second-order valence-corrected chi connectivity index (χ2v) is 2.64. The van der Waals surface area contributed by atoms with Gasteiger partial charge in [0, 0.05) is 19.5 Å². The predicted octanol–water partition coefficient (Wildman–Crippen LogP) is 1.76. The van der Waals surface area contributed by atoms with Gasteiger partial charge in [-0.05, 0) is 6.54 Å². The number of nitrogens with zero attached hydrogens (tertiary/aromatic N) is 2. The number of rotatable bonds is 6. The predicted molar refractivity (Wildman–Crippen MR) is 44.4 cm³/mol. The van der Waals surface area contributed by atoms with Gasteiger partial charge in [-0.2, -0.15) is 5.26 Å². The Morgan fingerprint density at radius 2 is 2.00 bits per heavy atom. The summed E-state index contributed by atoms with van der Waals surface area (Å²) < 4.78 is 38.3. The zero-order valence-corrected chi connectivity index (χ0v) is 7.97. The Bertz CT molecular complexity index is 188. The highest BCUT2D eigenvalue weighted by Crippen LogP contribution is 2.15. The van der Waals surface area contributed by atoms with Crippen LogP contribution in [0.25, 0.3) is 0 Å². The zero-order valence-electron chi connectivity index (χ0n) is 7.97. The first-order valence-electron chi connectivity index (χ1n) is 4.29. The first kappa shape index (κ1) is 13.2. The van der Waals surface area contributed by atoms with E-state index in [0.717, 1.165) is 0 Å². The molecule has 82 valence electrons. The van der Waals surface area contributed by atoms with E-state index in [2.05, 4.69) is 4.74 Å². The van der Waals surface area contributed by atoms with Crippen molar-refractivity contribution in [1.29, 1.82) is 5.26 Å². The minimum atomic E-state index is -4.56. The van der Waals surface area contributed by atoms with Crippen LogP contribution < -0.4 is 0 Å². The van der Waals surface area contributed by atoms with E-state index in [1.165, 1.54) is 0 Å². The van der Waals surface area contributed by atoms with Gasteiger partial charge >= 0.3 is 6.36 Å². The lowest BCUT2D eigenvalue weighted by molar-refractivity contribution is -0.325. The summed E-state index contributed by atoms with van der Waals surface area (Å²) in [5, 5.41) is 8.28. The monoisotopic (exact) mass is 210 g/mol. The summed E-state index contributed by atoms with van der Waals surface area (Å²) in [6, 6.07) is 1.93. The largest absolute Gasteiger partial charge is 0.522 e. The van der Waals surface area contributed by atoms with Gasteiger partial charge in [-0.15, -0.1) is 13.2 Å². The molecule has 0 N–H and O–H groups in total. The first-order valence-corrected chi connectivity index (χ1v) is 4.29. The highest BCUT2D eigenvalue weighted by Gasteiger charge is 2.28. The highest BCUT2D eigenvalue weighted by atomic mass is 19.4. The van der Waals surface area contributed by atoms with Gasteiger partial charge in [-0.1, -0.05) is 6.92 Å². The molecule has 0 aromatic carbocycles. The summed E-state index contributed by atoms with van der Waals surface area (Å²) in [5.74, 6) is 0. The Hall–Kier alpha value is -0.800. The molecule has 0 aromatic rings. The summed E-state index contributed by atoms with van der Waals surface area (Å²) in [6.07, 6.45) is -4.24. The lowest BCUT2D eigenvalue weighted by Gasteiger charge is -2.18. The molecule has 0 aliphatic carbocycles. The third-order valence-electron chi connectivity index (χ3n) is 1.66. The maximum absolute atomic E-state index is 11.6. The van der Waals surface area contributed by atoms with Crippen LogP contribution in [0, 0.1) is 11.3 Å². The third kappa shape index (κ3) is 7.83. The molecule has 0 bridgehead atoms. The van der Waals surface area contributed by atoms with Crippen LogP contribution in [0.4, 0.5) is 13.2 Å². The number of likely N-dealkylation sites (N-methyl/N-ethyl adjacent to an activating group) is 1. The van der Waals surface area contributed by atoms with Crippen molar-refractivity contribution >= 4 is 0 Å². The molecule has 0 fully saturated rings. The van der Waals surface area contributed by atoms with Crippen molar-refractivity contribution in [2.45, 2.75) is 19.7 Å². The van der Waals surface area contributed by atoms with Gasteiger partial charge in [-0.25, -0.2) is 0 Å². The first-order chi connectivity index (χ1) is 6.49. The highest BCUT2D eigenvalue weighted by molar-refractivity contribution is 4.71. The minimum absolute atomic E-state index is 0.192. The molecular formula is C8H13F3N2O. The van der Waals surface area contributed by atoms with Crippen molar-refractivity contribution in [3.63, 3.8) is 0 Å². The molecule has 0 unspecified atom stereocenters. The summed E-state index contributed by atoms with van der Waals surface area (Å²) >= 11 is 0. The molecule has 0 saturated heterocycles. The van der Waals surface area contributed by atoms with Gasteiger partial charge in [0.15, 0.2) is 0 Å². The molecule has 0 radical (unpaired) electrons. The molecule has 0 heterocycles. The molecule has 0 amide bonds. The number of alkyl halides is 3. The van der Waals surface area contributed by atoms with E-state index in [1.807, 2.05) is 13.0 Å². The second kappa shape index (κ2) is 6.62. The Morgan fingerprint density at radius 3 is 2.43 bits per heavy atom. The lowest BCUT2D eigenvalue weighted by atomic mass is 10.4. The molecule has 0 rings (SSSR count). The number of ether oxygens (including phenoxy) is 1. The Labute approximate surface area is 81.1 Å². The summed E-state index contributed by atoms with van der Waals surface area (Å²) in [5.41, 5.74) is 0. The summed E-state index contributed by atoms with van der Waals surface area (Å²) in [4.78, 5) is 1.73. The van der Waals surface area contributed by atoms with Crippen molar-refractivity contribution in [2.24, 2.45) is 0 Å². The van der Waals surface area contributed by atoms with Gasteiger partial charge in [-0.3, -0.25) is 4.74 Å². The molecule has 0 aliphatic rings. The van der Waals surface area contributed by atoms with E-state index in [4.69, 9.17) is 5.26 Å². The molecule has 0 aliphatic heterocycles. The van der Waals surface area contributed by atoms with Crippen LogP contribution in [-0.2, 0) is 4.74 Å². The van der Waals surface area contributed by atoms with Gasteiger partial charge in [0.1, 0.15) is 0 Å². The number of halogens is 3. The number of hydrogen-bond donors (Lipinski definition) is 0. The molecule has 0 aromatic heterocycles. The maximum atomic E-state index is 11.6. The standard InChI is InChI=1S/C8H13F3N2O/c1-2-13(5-3-4-12)6-7-14-8(9,10)11/h2-3,5-7H2,1H3. The smallest absolute Gasteiger partial charge is 0.300 e. The Morgan fingerprint density at radius 1 is 1.36 bits per heavy atom. The average Bonchev–Trinajstić information content (AvgIpc) is 2.09. The molecule has 0 spiro atoms. The normalized spacial score (nSPS) is 11.7. The van der Waals surface area contributed by atoms with Crippen LogP contribution in [0.3, 0.4) is 0 Å². The third-order valence-corrected chi connectivity index (χ3v) is 1.66. The molecule has 0 atom stereocenters. The SMILES string of the molecule is CCN(CCC#N)CCOC(F)(F)F. The van der Waals surface area contributed by atoms with Crippen molar-refractivity contribution in [2.75, 3.05) is 26.2 Å². The summed E-state index contributed by atoms with van der Waals surface area (Å²) in [6.45, 7) is 2.72. The fourth-order valence-electron chi connectivity index (χ4n) is 0.927. The Balaban J connectivity index is 3.58. The van der Waals surface area contributed by atoms with Crippen LogP contribution in [0.1, 0.15) is 13.3 Å². The molecular weight excluding hydrogens is 197 g/mol. The topological polar surface area (TPSA) is 36.3 Å². The molecule has 6 heteroatoms. The Kier molecular flexibility index (Phi) is 6.25. The quantitative estimate of drug-likeness (QED) is 0.670. The number of hydrogen-bond acceptors (Lipinski definition) is 3. The minimum Gasteiger partial charge on any atom is -0.300 e. The molecule has 3 nitrogen and oxygen atoms in total. The van der Waals surface area contributed by atoms with Crippen molar-refractivity contribution < 1.29 is 17.9 Å². The van der Waals surface area contributed by atoms with E-state index in [-0.39, 0.29) is 13.2 Å². The van der Waals surface area contributed by atoms with Crippen LogP contribution in [0.2, 0.25) is 0 Å². The summed E-state index contributed by atoms with van der Waals surface area (Å²) in [7, 11) is 0. The van der Waals surface area contributed by atoms with E-state index in [1.54, 1.807) is 4.90 Å². The van der Waals surface area contributed by atoms with Gasteiger partial charge in [0.05, 0.1) is 12.7 Å². The van der Waals surface area contributed by atoms with Crippen molar-refractivity contribution in [3.8, 4) is 6.07 Å². The van der Waals surface area contributed by atoms with Crippen LogP contribution >= 0.6 is 0 Å². The lowest BCUT2D eigenvalue weighted by Crippen LogP contribution is -2.30. The molecule has 14 heavy (non-hydrogen) atoms. The molecule has 0 saturated carbocycles. The van der Waals surface area contributed by atoms with E-state index < -0.39 is 6.36 Å². The van der Waals surface area contributed by atoms with Crippen molar-refractivity contribution in [1.82, 2.24) is 4.90 Å². The van der Waals surface area contributed by atoms with Crippen LogP contribution in [0.5, 0.6) is 0 Å². The number of nitriles is 1. The fraction of sp³-hybridized carbons (Fsp3) is 0.875. The maximum Gasteiger partial charge on any atom is 0.522 e.